The molecule has 4 nitrogen and oxygen atoms in total. The Morgan fingerprint density at radius 3 is 3.05 bits per heavy atom. The quantitative estimate of drug-likeness (QED) is 0.874. The molecule has 0 aromatic carbocycles. The van der Waals surface area contributed by atoms with E-state index in [2.05, 4.69) is 16.0 Å². The number of carbonyl (C=O) groups is 1. The van der Waals surface area contributed by atoms with Crippen molar-refractivity contribution < 1.29 is 4.79 Å². The first-order valence-electron chi connectivity index (χ1n) is 8.23. The summed E-state index contributed by atoms with van der Waals surface area (Å²) >= 11 is 0. The average Bonchev–Trinajstić information content (AvgIpc) is 2.80. The number of rotatable bonds is 3. The van der Waals surface area contributed by atoms with Gasteiger partial charge in [0.15, 0.2) is 0 Å². The fourth-order valence-corrected chi connectivity index (χ4v) is 3.38. The number of nitrogens with zero attached hydrogens (tertiary/aromatic N) is 3. The van der Waals surface area contributed by atoms with Crippen LogP contribution in [-0.4, -0.2) is 33.9 Å². The van der Waals surface area contributed by atoms with Crippen molar-refractivity contribution in [3.63, 3.8) is 0 Å². The largest absolute Gasteiger partial charge is 0.343 e. The molecule has 0 bridgehead atoms. The molecule has 0 unspecified atom stereocenters. The van der Waals surface area contributed by atoms with E-state index in [4.69, 9.17) is 0 Å². The lowest BCUT2D eigenvalue weighted by molar-refractivity contribution is -0.130. The van der Waals surface area contributed by atoms with Crippen LogP contribution in [0, 0.1) is 5.92 Å². The highest BCUT2D eigenvalue weighted by atomic mass is 16.2. The first-order valence-corrected chi connectivity index (χ1v) is 8.23. The molecular weight excluding hydrogens is 274 g/mol. The Balaban J connectivity index is 1.71. The van der Waals surface area contributed by atoms with E-state index in [1.165, 1.54) is 12.0 Å². The van der Waals surface area contributed by atoms with Crippen LogP contribution in [0.25, 0.3) is 10.9 Å². The molecule has 0 radical (unpaired) electrons. The van der Waals surface area contributed by atoms with Gasteiger partial charge in [0.25, 0.3) is 0 Å². The van der Waals surface area contributed by atoms with Gasteiger partial charge in [-0.2, -0.15) is 0 Å². The van der Waals surface area contributed by atoms with E-state index in [1.807, 2.05) is 30.3 Å². The Morgan fingerprint density at radius 1 is 1.27 bits per heavy atom. The Hall–Kier alpha value is -1.97. The lowest BCUT2D eigenvalue weighted by Crippen LogP contribution is -2.31. The van der Waals surface area contributed by atoms with Crippen LogP contribution in [0.5, 0.6) is 0 Å². The highest BCUT2D eigenvalue weighted by Crippen LogP contribution is 2.25. The minimum Gasteiger partial charge on any atom is -0.343 e. The predicted octanol–water partition coefficient (Wildman–Crippen LogP) is 3.21. The van der Waals surface area contributed by atoms with Gasteiger partial charge >= 0.3 is 0 Å². The van der Waals surface area contributed by atoms with Gasteiger partial charge in [-0.3, -0.25) is 14.8 Å². The van der Waals surface area contributed by atoms with Crippen molar-refractivity contribution in [3.8, 4) is 0 Å². The number of aromatic nitrogens is 2. The fourth-order valence-electron chi connectivity index (χ4n) is 3.38. The van der Waals surface area contributed by atoms with Crippen molar-refractivity contribution in [1.82, 2.24) is 14.9 Å². The van der Waals surface area contributed by atoms with Crippen molar-refractivity contribution in [2.24, 2.45) is 5.92 Å². The number of hydrogen-bond donors (Lipinski definition) is 0. The van der Waals surface area contributed by atoms with Crippen molar-refractivity contribution >= 4 is 16.8 Å². The predicted molar refractivity (Wildman–Crippen MR) is 87.5 cm³/mol. The smallest absolute Gasteiger partial charge is 0.222 e. The van der Waals surface area contributed by atoms with E-state index >= 15 is 0 Å². The number of fused-ring (bicyclic) bond motifs is 1. The van der Waals surface area contributed by atoms with Crippen molar-refractivity contribution in [2.45, 2.75) is 39.0 Å². The first-order chi connectivity index (χ1) is 10.8. The van der Waals surface area contributed by atoms with E-state index in [-0.39, 0.29) is 0 Å². The van der Waals surface area contributed by atoms with Gasteiger partial charge in [-0.05, 0) is 49.3 Å². The zero-order valence-corrected chi connectivity index (χ0v) is 13.2. The molecule has 4 heteroatoms. The number of likely N-dealkylation sites (tertiary alicyclic amines) is 1. The third kappa shape index (κ3) is 3.26. The molecule has 22 heavy (non-hydrogen) atoms. The van der Waals surface area contributed by atoms with E-state index < -0.39 is 0 Å². The van der Waals surface area contributed by atoms with Crippen LogP contribution in [-0.2, 0) is 11.2 Å². The molecule has 1 amide bonds. The molecule has 1 saturated heterocycles. The topological polar surface area (TPSA) is 46.1 Å². The van der Waals surface area contributed by atoms with E-state index in [0.29, 0.717) is 18.2 Å². The van der Waals surface area contributed by atoms with Gasteiger partial charge in [-0.1, -0.05) is 6.92 Å². The normalized spacial score (nSPS) is 19.1. The van der Waals surface area contributed by atoms with Crippen LogP contribution in [0.3, 0.4) is 0 Å². The molecule has 3 rings (SSSR count). The zero-order valence-electron chi connectivity index (χ0n) is 13.2. The second-order valence-electron chi connectivity index (χ2n) is 6.10. The second-order valence-corrected chi connectivity index (χ2v) is 6.10. The SMILES string of the molecule is CCC(=O)N1CCC[C@@H](Cc2ccnc3ccncc23)CC1. The number of pyridine rings is 2. The summed E-state index contributed by atoms with van der Waals surface area (Å²) in [5.41, 5.74) is 2.35. The minimum absolute atomic E-state index is 0.291. The summed E-state index contributed by atoms with van der Waals surface area (Å²) in [6, 6.07) is 4.08. The zero-order chi connectivity index (χ0) is 15.4. The summed E-state index contributed by atoms with van der Waals surface area (Å²) in [4.78, 5) is 22.5. The van der Waals surface area contributed by atoms with Gasteiger partial charge in [0, 0.05) is 43.5 Å². The summed E-state index contributed by atoms with van der Waals surface area (Å²) in [5, 5.41) is 1.16. The van der Waals surface area contributed by atoms with Gasteiger partial charge in [0.1, 0.15) is 0 Å². The third-order valence-electron chi connectivity index (χ3n) is 4.64. The number of hydrogen-bond acceptors (Lipinski definition) is 3. The van der Waals surface area contributed by atoms with E-state index in [1.54, 1.807) is 6.20 Å². The van der Waals surface area contributed by atoms with Crippen LogP contribution in [0.1, 0.15) is 38.2 Å². The molecule has 1 aliphatic rings. The maximum Gasteiger partial charge on any atom is 0.222 e. The molecule has 0 aliphatic carbocycles. The number of amides is 1. The summed E-state index contributed by atoms with van der Waals surface area (Å²) in [7, 11) is 0. The summed E-state index contributed by atoms with van der Waals surface area (Å²) in [6.45, 7) is 3.77. The molecule has 2 aromatic rings. The lowest BCUT2D eigenvalue weighted by atomic mass is 9.92. The molecule has 0 saturated carbocycles. The van der Waals surface area contributed by atoms with Crippen molar-refractivity contribution in [1.29, 1.82) is 0 Å². The second kappa shape index (κ2) is 6.86. The summed E-state index contributed by atoms with van der Waals surface area (Å²) < 4.78 is 0. The van der Waals surface area contributed by atoms with Crippen LogP contribution < -0.4 is 0 Å². The van der Waals surface area contributed by atoms with Gasteiger partial charge in [0.2, 0.25) is 5.91 Å². The monoisotopic (exact) mass is 297 g/mol. The van der Waals surface area contributed by atoms with Crippen LogP contribution >= 0.6 is 0 Å². The number of carbonyl (C=O) groups excluding carboxylic acids is 1. The Morgan fingerprint density at radius 2 is 2.18 bits per heavy atom. The maximum absolute atomic E-state index is 11.9. The maximum atomic E-state index is 11.9. The van der Waals surface area contributed by atoms with E-state index in [9.17, 15) is 4.79 Å². The van der Waals surface area contributed by atoms with Gasteiger partial charge in [0.05, 0.1) is 5.52 Å². The molecule has 116 valence electrons. The minimum atomic E-state index is 0.291. The van der Waals surface area contributed by atoms with E-state index in [0.717, 1.165) is 43.3 Å². The third-order valence-corrected chi connectivity index (χ3v) is 4.64. The highest BCUT2D eigenvalue weighted by Gasteiger charge is 2.20. The molecule has 0 N–H and O–H groups in total. The van der Waals surface area contributed by atoms with Gasteiger partial charge < -0.3 is 4.90 Å². The lowest BCUT2D eigenvalue weighted by Gasteiger charge is -2.20. The van der Waals surface area contributed by atoms with Gasteiger partial charge in [-0.15, -0.1) is 0 Å². The highest BCUT2D eigenvalue weighted by molar-refractivity contribution is 5.80. The van der Waals surface area contributed by atoms with Crippen LogP contribution in [0.2, 0.25) is 0 Å². The van der Waals surface area contributed by atoms with Gasteiger partial charge in [-0.25, -0.2) is 0 Å². The first kappa shape index (κ1) is 14.9. The fraction of sp³-hybridized carbons (Fsp3) is 0.500. The summed E-state index contributed by atoms with van der Waals surface area (Å²) in [5.74, 6) is 0.930. The summed E-state index contributed by atoms with van der Waals surface area (Å²) in [6.07, 6.45) is 10.7. The standard InChI is InChI=1S/C18H23N3O/c1-2-18(22)21-10-3-4-14(7-11-21)12-15-5-9-20-17-6-8-19-13-16(15)17/h5-6,8-9,13-14H,2-4,7,10-12H2,1H3/t14-/m1/s1. The van der Waals surface area contributed by atoms with Crippen molar-refractivity contribution in [3.05, 3.63) is 36.3 Å². The Bertz CT molecular complexity index is 650. The average molecular weight is 297 g/mol. The Labute approximate surface area is 131 Å². The molecular formula is C18H23N3O. The molecule has 1 aliphatic heterocycles. The van der Waals surface area contributed by atoms with Crippen LogP contribution in [0.15, 0.2) is 30.7 Å². The molecule has 1 atom stereocenters. The molecule has 2 aromatic heterocycles. The molecule has 1 fully saturated rings. The Kier molecular flexibility index (Phi) is 4.66. The van der Waals surface area contributed by atoms with Crippen molar-refractivity contribution in [2.75, 3.05) is 13.1 Å². The molecule has 0 spiro atoms. The molecule has 3 heterocycles. The van der Waals surface area contributed by atoms with Crippen LogP contribution in [0.4, 0.5) is 0 Å².